The molecule has 1 N–H and O–H groups in total. The van der Waals surface area contributed by atoms with Crippen LogP contribution in [-0.4, -0.2) is 22.9 Å². The largest absolute Gasteiger partial charge is 0.343 e. The van der Waals surface area contributed by atoms with E-state index in [2.05, 4.69) is 38.4 Å². The molecule has 0 unspecified atom stereocenters. The van der Waals surface area contributed by atoms with E-state index in [1.54, 1.807) is 17.5 Å². The molecule has 25 heavy (non-hydrogen) atoms. The fraction of sp³-hybridized carbons (Fsp3) is 0.211. The van der Waals surface area contributed by atoms with Gasteiger partial charge >= 0.3 is 0 Å². The van der Waals surface area contributed by atoms with E-state index in [4.69, 9.17) is 0 Å². The fourth-order valence-electron chi connectivity index (χ4n) is 2.56. The molecule has 1 amide bonds. The van der Waals surface area contributed by atoms with Crippen molar-refractivity contribution in [2.75, 3.05) is 16.8 Å². The molecule has 6 heteroatoms. The topological polar surface area (TPSA) is 58.1 Å². The molecule has 0 aliphatic rings. The summed E-state index contributed by atoms with van der Waals surface area (Å²) < 4.78 is 0. The lowest BCUT2D eigenvalue weighted by Crippen LogP contribution is -2.25. The Labute approximate surface area is 151 Å². The van der Waals surface area contributed by atoms with Crippen LogP contribution in [0, 0.1) is 6.92 Å². The van der Waals surface area contributed by atoms with Crippen molar-refractivity contribution in [3.8, 4) is 0 Å². The van der Waals surface area contributed by atoms with Gasteiger partial charge in [-0.2, -0.15) is 0 Å². The summed E-state index contributed by atoms with van der Waals surface area (Å²) >= 11 is 1.59. The normalized spacial score (nSPS) is 10.4. The number of hydrogen-bond acceptors (Lipinski definition) is 5. The number of amides is 1. The molecule has 0 saturated heterocycles. The highest BCUT2D eigenvalue weighted by Gasteiger charge is 2.15. The third-order valence-corrected chi connectivity index (χ3v) is 4.89. The Balaban J connectivity index is 1.80. The lowest BCUT2D eigenvalue weighted by Gasteiger charge is -2.22. The molecule has 2 heterocycles. The van der Waals surface area contributed by atoms with Crippen molar-refractivity contribution in [3.05, 3.63) is 70.9 Å². The van der Waals surface area contributed by atoms with Gasteiger partial charge in [-0.3, -0.25) is 9.78 Å². The van der Waals surface area contributed by atoms with E-state index in [-0.39, 0.29) is 0 Å². The average molecular weight is 352 g/mol. The molecule has 0 atom stereocenters. The van der Waals surface area contributed by atoms with Crippen LogP contribution in [0.4, 0.5) is 10.9 Å². The Morgan fingerprint density at radius 2 is 1.96 bits per heavy atom. The number of aromatic nitrogens is 2. The minimum atomic E-state index is 0.634. The minimum absolute atomic E-state index is 0.634. The number of benzene rings is 1. The van der Waals surface area contributed by atoms with Crippen LogP contribution >= 0.6 is 11.3 Å². The zero-order valence-electron chi connectivity index (χ0n) is 14.1. The van der Waals surface area contributed by atoms with Gasteiger partial charge in [-0.05, 0) is 30.5 Å². The van der Waals surface area contributed by atoms with Crippen molar-refractivity contribution in [2.24, 2.45) is 0 Å². The zero-order chi connectivity index (χ0) is 17.5. The molecule has 3 rings (SSSR count). The van der Waals surface area contributed by atoms with Crippen LogP contribution in [0.5, 0.6) is 0 Å². The van der Waals surface area contributed by atoms with E-state index < -0.39 is 0 Å². The van der Waals surface area contributed by atoms with Crippen LogP contribution in [0.1, 0.15) is 16.0 Å². The minimum Gasteiger partial charge on any atom is -0.343 e. The second kappa shape index (κ2) is 8.39. The summed E-state index contributed by atoms with van der Waals surface area (Å²) in [5.41, 5.74) is 2.42. The predicted molar refractivity (Wildman–Crippen MR) is 102 cm³/mol. The Morgan fingerprint density at radius 3 is 2.68 bits per heavy atom. The second-order valence-corrected chi connectivity index (χ2v) is 6.86. The summed E-state index contributed by atoms with van der Waals surface area (Å²) in [7, 11) is 0. The lowest BCUT2D eigenvalue weighted by atomic mass is 10.2. The van der Waals surface area contributed by atoms with E-state index in [1.165, 1.54) is 11.1 Å². The molecule has 2 aromatic heterocycles. The number of nitrogens with zero attached hydrogens (tertiary/aromatic N) is 3. The standard InChI is InChI=1S/C19H20N4OS/c1-15-18(21-14-24)22-19(25-15)23(13-17-6-3-2-4-7-17)11-9-16-8-5-10-20-12-16/h2-8,10,12,14H,9,11,13H2,1H3,(H,21,24). The molecular weight excluding hydrogens is 332 g/mol. The maximum atomic E-state index is 10.7. The van der Waals surface area contributed by atoms with Gasteiger partial charge in [-0.15, -0.1) is 0 Å². The van der Waals surface area contributed by atoms with Crippen LogP contribution in [-0.2, 0) is 17.8 Å². The van der Waals surface area contributed by atoms with Gasteiger partial charge in [-0.25, -0.2) is 4.98 Å². The van der Waals surface area contributed by atoms with Gasteiger partial charge in [0.25, 0.3) is 0 Å². The molecule has 0 spiro atoms. The summed E-state index contributed by atoms with van der Waals surface area (Å²) in [6.45, 7) is 3.57. The molecule has 3 aromatic rings. The molecule has 128 valence electrons. The van der Waals surface area contributed by atoms with Crippen molar-refractivity contribution in [1.82, 2.24) is 9.97 Å². The number of carbonyl (C=O) groups is 1. The maximum Gasteiger partial charge on any atom is 0.212 e. The van der Waals surface area contributed by atoms with Gasteiger partial charge in [0.15, 0.2) is 5.13 Å². The Hall–Kier alpha value is -2.73. The van der Waals surface area contributed by atoms with Crippen LogP contribution in [0.2, 0.25) is 0 Å². The lowest BCUT2D eigenvalue weighted by molar-refractivity contribution is -0.105. The third-order valence-electron chi connectivity index (χ3n) is 3.86. The molecule has 0 radical (unpaired) electrons. The Kier molecular flexibility index (Phi) is 5.74. The van der Waals surface area contributed by atoms with Crippen LogP contribution in [0.25, 0.3) is 0 Å². The first-order valence-corrected chi connectivity index (χ1v) is 8.93. The Morgan fingerprint density at radius 1 is 1.16 bits per heavy atom. The molecule has 5 nitrogen and oxygen atoms in total. The summed E-state index contributed by atoms with van der Waals surface area (Å²) in [5, 5.41) is 3.58. The number of hydrogen-bond donors (Lipinski definition) is 1. The van der Waals surface area contributed by atoms with Crippen molar-refractivity contribution >= 4 is 28.7 Å². The number of pyridine rings is 1. The van der Waals surface area contributed by atoms with Gasteiger partial charge in [0.05, 0.1) is 0 Å². The summed E-state index contributed by atoms with van der Waals surface area (Å²) in [5.74, 6) is 0.634. The number of thiazole rings is 1. The quantitative estimate of drug-likeness (QED) is 0.629. The number of aryl methyl sites for hydroxylation is 1. The number of carbonyl (C=O) groups excluding carboxylic acids is 1. The first kappa shape index (κ1) is 17.1. The van der Waals surface area contributed by atoms with Gasteiger partial charge in [-0.1, -0.05) is 47.7 Å². The first-order valence-electron chi connectivity index (χ1n) is 8.11. The van der Waals surface area contributed by atoms with Gasteiger partial charge in [0, 0.05) is 30.4 Å². The molecule has 0 fully saturated rings. The second-order valence-electron chi connectivity index (χ2n) is 5.68. The predicted octanol–water partition coefficient (Wildman–Crippen LogP) is 3.66. The highest BCUT2D eigenvalue weighted by molar-refractivity contribution is 7.16. The fourth-order valence-corrected chi connectivity index (χ4v) is 3.46. The summed E-state index contributed by atoms with van der Waals surface area (Å²) in [4.78, 5) is 22.8. The maximum absolute atomic E-state index is 10.7. The molecular formula is C19H20N4OS. The molecule has 0 aliphatic carbocycles. The van der Waals surface area contributed by atoms with E-state index in [0.29, 0.717) is 12.2 Å². The van der Waals surface area contributed by atoms with Crippen molar-refractivity contribution in [1.29, 1.82) is 0 Å². The SMILES string of the molecule is Cc1sc(N(CCc2cccnc2)Cc2ccccc2)nc1NC=O. The molecule has 0 bridgehead atoms. The highest BCUT2D eigenvalue weighted by Crippen LogP contribution is 2.30. The third kappa shape index (κ3) is 4.64. The van der Waals surface area contributed by atoms with Gasteiger partial charge in [0.2, 0.25) is 6.41 Å². The smallest absolute Gasteiger partial charge is 0.212 e. The van der Waals surface area contributed by atoms with Crippen molar-refractivity contribution in [3.63, 3.8) is 0 Å². The van der Waals surface area contributed by atoms with Gasteiger partial charge in [0.1, 0.15) is 5.82 Å². The number of anilines is 2. The molecule has 1 aromatic carbocycles. The van der Waals surface area contributed by atoms with Gasteiger partial charge < -0.3 is 10.2 Å². The summed E-state index contributed by atoms with van der Waals surface area (Å²) in [6, 6.07) is 14.4. The van der Waals surface area contributed by atoms with E-state index in [1.807, 2.05) is 37.4 Å². The van der Waals surface area contributed by atoms with E-state index >= 15 is 0 Å². The highest BCUT2D eigenvalue weighted by atomic mass is 32.1. The van der Waals surface area contributed by atoms with E-state index in [0.717, 1.165) is 29.5 Å². The van der Waals surface area contributed by atoms with Crippen molar-refractivity contribution < 1.29 is 4.79 Å². The molecule has 0 aliphatic heterocycles. The average Bonchev–Trinajstić information content (AvgIpc) is 3.01. The monoisotopic (exact) mass is 352 g/mol. The van der Waals surface area contributed by atoms with Crippen LogP contribution in [0.15, 0.2) is 54.9 Å². The van der Waals surface area contributed by atoms with Crippen LogP contribution < -0.4 is 10.2 Å². The van der Waals surface area contributed by atoms with E-state index in [9.17, 15) is 4.79 Å². The number of nitrogens with one attached hydrogen (secondary N) is 1. The zero-order valence-corrected chi connectivity index (χ0v) is 14.9. The number of rotatable bonds is 8. The first-order chi connectivity index (χ1) is 12.3. The van der Waals surface area contributed by atoms with Crippen molar-refractivity contribution in [2.45, 2.75) is 19.9 Å². The molecule has 0 saturated carbocycles. The Bertz CT molecular complexity index is 805. The summed E-state index contributed by atoms with van der Waals surface area (Å²) in [6.07, 6.45) is 5.23. The van der Waals surface area contributed by atoms with Crippen LogP contribution in [0.3, 0.4) is 0 Å².